The molecule has 0 heterocycles. The molecule has 0 saturated carbocycles. The van der Waals surface area contributed by atoms with Crippen LogP contribution in [0.4, 0.5) is 0 Å². The van der Waals surface area contributed by atoms with Crippen LogP contribution in [0.5, 0.6) is 11.5 Å². The predicted octanol–water partition coefficient (Wildman–Crippen LogP) is 7.80. The van der Waals surface area contributed by atoms with E-state index >= 15 is 0 Å². The fraction of sp³-hybridized carbons (Fsp3) is 0.0714. The lowest BCUT2D eigenvalue weighted by Gasteiger charge is -2.19. The zero-order valence-corrected chi connectivity index (χ0v) is 17.7. The first-order valence-electron chi connectivity index (χ1n) is 10.3. The summed E-state index contributed by atoms with van der Waals surface area (Å²) in [7, 11) is 0. The van der Waals surface area contributed by atoms with Crippen molar-refractivity contribution in [2.45, 2.75) is 13.2 Å². The Morgan fingerprint density at radius 1 is 0.484 bits per heavy atom. The van der Waals surface area contributed by atoms with Crippen molar-refractivity contribution in [1.82, 2.24) is 0 Å². The fourth-order valence-corrected chi connectivity index (χ4v) is 4.13. The molecule has 0 atom stereocenters. The number of rotatable bonds is 6. The Morgan fingerprint density at radius 3 is 1.58 bits per heavy atom. The smallest absolute Gasteiger partial charge is 0.137 e. The van der Waals surface area contributed by atoms with Gasteiger partial charge in [0, 0.05) is 21.5 Å². The van der Waals surface area contributed by atoms with Crippen LogP contribution < -0.4 is 9.47 Å². The van der Waals surface area contributed by atoms with E-state index < -0.39 is 0 Å². The van der Waals surface area contributed by atoms with E-state index in [1.807, 2.05) is 66.7 Å². The molecule has 5 aromatic carbocycles. The minimum Gasteiger partial charge on any atom is -0.488 e. The van der Waals surface area contributed by atoms with Gasteiger partial charge >= 0.3 is 0 Å². The molecular formula is C28H21ClO2. The lowest BCUT2D eigenvalue weighted by molar-refractivity contribution is 0.308. The second-order valence-corrected chi connectivity index (χ2v) is 7.82. The largest absolute Gasteiger partial charge is 0.488 e. The summed E-state index contributed by atoms with van der Waals surface area (Å²) in [5, 5.41) is 4.47. The van der Waals surface area contributed by atoms with Crippen LogP contribution in [0.15, 0.2) is 103 Å². The molecular weight excluding hydrogens is 404 g/mol. The van der Waals surface area contributed by atoms with Gasteiger partial charge in [-0.3, -0.25) is 0 Å². The molecule has 152 valence electrons. The maximum absolute atomic E-state index is 6.70. The number of halogens is 1. The van der Waals surface area contributed by atoms with Gasteiger partial charge < -0.3 is 9.47 Å². The van der Waals surface area contributed by atoms with Crippen molar-refractivity contribution in [1.29, 1.82) is 0 Å². The first-order valence-corrected chi connectivity index (χ1v) is 10.7. The van der Waals surface area contributed by atoms with Crippen molar-refractivity contribution >= 4 is 33.1 Å². The molecule has 0 fully saturated rings. The monoisotopic (exact) mass is 424 g/mol. The average molecular weight is 425 g/mol. The van der Waals surface area contributed by atoms with Gasteiger partial charge in [0.05, 0.1) is 5.02 Å². The quantitative estimate of drug-likeness (QED) is 0.259. The highest BCUT2D eigenvalue weighted by molar-refractivity contribution is 6.37. The van der Waals surface area contributed by atoms with Crippen molar-refractivity contribution in [3.63, 3.8) is 0 Å². The second kappa shape index (κ2) is 8.71. The molecule has 0 spiro atoms. The zero-order valence-electron chi connectivity index (χ0n) is 16.9. The lowest BCUT2D eigenvalue weighted by Crippen LogP contribution is -2.00. The molecule has 0 aromatic heterocycles. The van der Waals surface area contributed by atoms with Crippen LogP contribution in [0, 0.1) is 0 Å². The molecule has 5 aromatic rings. The van der Waals surface area contributed by atoms with Gasteiger partial charge in [0.1, 0.15) is 24.7 Å². The van der Waals surface area contributed by atoms with E-state index in [0.29, 0.717) is 18.2 Å². The Morgan fingerprint density at radius 2 is 0.968 bits per heavy atom. The second-order valence-electron chi connectivity index (χ2n) is 7.41. The summed E-state index contributed by atoms with van der Waals surface area (Å²) in [6.07, 6.45) is 0. The molecule has 0 N–H and O–H groups in total. The molecule has 0 saturated heterocycles. The fourth-order valence-electron chi connectivity index (χ4n) is 3.87. The summed E-state index contributed by atoms with van der Waals surface area (Å²) in [5.41, 5.74) is 2.22. The van der Waals surface area contributed by atoms with Gasteiger partial charge in [-0.25, -0.2) is 0 Å². The lowest BCUT2D eigenvalue weighted by atomic mass is 10.0. The van der Waals surface area contributed by atoms with Gasteiger partial charge in [0.25, 0.3) is 0 Å². The molecule has 31 heavy (non-hydrogen) atoms. The van der Waals surface area contributed by atoms with Gasteiger partial charge in [-0.05, 0) is 17.2 Å². The van der Waals surface area contributed by atoms with Gasteiger partial charge in [0.15, 0.2) is 0 Å². The van der Waals surface area contributed by atoms with Crippen molar-refractivity contribution in [2.24, 2.45) is 0 Å². The Kier molecular flexibility index (Phi) is 5.47. The molecule has 0 aliphatic rings. The maximum atomic E-state index is 6.70. The summed E-state index contributed by atoms with van der Waals surface area (Å²) in [6.45, 7) is 0.950. The first kappa shape index (κ1) is 19.5. The van der Waals surface area contributed by atoms with Crippen LogP contribution in [0.1, 0.15) is 11.1 Å². The van der Waals surface area contributed by atoms with E-state index in [4.69, 9.17) is 21.1 Å². The van der Waals surface area contributed by atoms with Crippen molar-refractivity contribution in [3.05, 3.63) is 119 Å². The third kappa shape index (κ3) is 3.95. The zero-order chi connectivity index (χ0) is 21.0. The van der Waals surface area contributed by atoms with Crippen LogP contribution >= 0.6 is 11.6 Å². The maximum Gasteiger partial charge on any atom is 0.137 e. The molecule has 0 unspecified atom stereocenters. The van der Waals surface area contributed by atoms with Gasteiger partial charge in [-0.2, -0.15) is 0 Å². The van der Waals surface area contributed by atoms with Crippen molar-refractivity contribution < 1.29 is 9.47 Å². The Balaban J connectivity index is 1.65. The topological polar surface area (TPSA) is 18.5 Å². The molecule has 5 rings (SSSR count). The molecule has 0 bridgehead atoms. The van der Waals surface area contributed by atoms with E-state index in [-0.39, 0.29) is 0 Å². The molecule has 0 amide bonds. The van der Waals surface area contributed by atoms with Gasteiger partial charge in [-0.1, -0.05) is 109 Å². The van der Waals surface area contributed by atoms with E-state index in [1.54, 1.807) is 0 Å². The third-order valence-electron chi connectivity index (χ3n) is 5.35. The summed E-state index contributed by atoms with van der Waals surface area (Å²) in [4.78, 5) is 0. The Hall–Kier alpha value is -3.49. The minimum absolute atomic E-state index is 0.468. The standard InChI is InChI=1S/C28H21ClO2/c29-25-17-9-16-24-26(25)28(31-19-21-12-5-2-6-13-21)23-15-8-7-14-22(23)27(24)30-18-20-10-3-1-4-11-20/h1-17H,18-19H2. The summed E-state index contributed by atoms with van der Waals surface area (Å²) < 4.78 is 12.8. The third-order valence-corrected chi connectivity index (χ3v) is 5.67. The molecule has 3 heteroatoms. The van der Waals surface area contributed by atoms with Gasteiger partial charge in [0.2, 0.25) is 0 Å². The van der Waals surface area contributed by atoms with Crippen molar-refractivity contribution in [3.8, 4) is 11.5 Å². The summed E-state index contributed by atoms with van der Waals surface area (Å²) >= 11 is 6.70. The molecule has 0 aliphatic carbocycles. The van der Waals surface area contributed by atoms with E-state index in [2.05, 4.69) is 36.4 Å². The minimum atomic E-state index is 0.468. The van der Waals surface area contributed by atoms with E-state index in [1.165, 1.54) is 0 Å². The first-order chi connectivity index (χ1) is 15.3. The Labute approximate surface area is 186 Å². The SMILES string of the molecule is Clc1cccc2c(OCc3ccccc3)c3ccccc3c(OCc3ccccc3)c12. The van der Waals surface area contributed by atoms with Crippen LogP contribution in [0.25, 0.3) is 21.5 Å². The van der Waals surface area contributed by atoms with Crippen LogP contribution in [0.3, 0.4) is 0 Å². The number of ether oxygens (including phenoxy) is 2. The van der Waals surface area contributed by atoms with Crippen LogP contribution in [-0.4, -0.2) is 0 Å². The molecule has 2 nitrogen and oxygen atoms in total. The van der Waals surface area contributed by atoms with E-state index in [9.17, 15) is 0 Å². The van der Waals surface area contributed by atoms with E-state index in [0.717, 1.165) is 44.2 Å². The highest BCUT2D eigenvalue weighted by Gasteiger charge is 2.18. The number of hydrogen-bond acceptors (Lipinski definition) is 2. The predicted molar refractivity (Wildman–Crippen MR) is 128 cm³/mol. The number of fused-ring (bicyclic) bond motifs is 2. The number of hydrogen-bond donors (Lipinski definition) is 0. The van der Waals surface area contributed by atoms with Gasteiger partial charge in [-0.15, -0.1) is 0 Å². The number of benzene rings is 5. The average Bonchev–Trinajstić information content (AvgIpc) is 2.83. The Bertz CT molecular complexity index is 1330. The highest BCUT2D eigenvalue weighted by Crippen LogP contribution is 2.45. The molecule has 0 radical (unpaired) electrons. The van der Waals surface area contributed by atoms with Crippen molar-refractivity contribution in [2.75, 3.05) is 0 Å². The molecule has 0 aliphatic heterocycles. The summed E-state index contributed by atoms with van der Waals surface area (Å²) in [6, 6.07) is 34.4. The summed E-state index contributed by atoms with van der Waals surface area (Å²) in [5.74, 6) is 1.61. The van der Waals surface area contributed by atoms with Crippen LogP contribution in [0.2, 0.25) is 5.02 Å². The van der Waals surface area contributed by atoms with Crippen LogP contribution in [-0.2, 0) is 13.2 Å². The normalized spacial score (nSPS) is 11.0. The highest BCUT2D eigenvalue weighted by atomic mass is 35.5.